The molecule has 0 fully saturated rings. The first kappa shape index (κ1) is 19.5. The molecule has 3 heteroatoms. The summed E-state index contributed by atoms with van der Waals surface area (Å²) in [6.45, 7) is 15.4. The fourth-order valence-corrected chi connectivity index (χ4v) is 2.53. The van der Waals surface area contributed by atoms with Crippen LogP contribution >= 0.6 is 0 Å². The molecule has 3 nitrogen and oxygen atoms in total. The number of hydrogen-bond donors (Lipinski definition) is 0. The van der Waals surface area contributed by atoms with Gasteiger partial charge in [-0.05, 0) is 34.8 Å². The molecule has 23 heavy (non-hydrogen) atoms. The number of methoxy groups -OCH3 is 1. The Kier molecular flexibility index (Phi) is 6.26. The van der Waals surface area contributed by atoms with Crippen LogP contribution in [0.15, 0.2) is 18.2 Å². The molecule has 0 aliphatic rings. The van der Waals surface area contributed by atoms with Gasteiger partial charge in [-0.1, -0.05) is 67.0 Å². The molecule has 0 bridgehead atoms. The van der Waals surface area contributed by atoms with Gasteiger partial charge in [-0.3, -0.25) is 0 Å². The highest BCUT2D eigenvalue weighted by atomic mass is 16.7. The quantitative estimate of drug-likeness (QED) is 0.505. The predicted octanol–water partition coefficient (Wildman–Crippen LogP) is 5.84. The number of hydrogen-bond acceptors (Lipinski definition) is 3. The molecule has 0 unspecified atom stereocenters. The second-order valence-electron chi connectivity index (χ2n) is 8.33. The molecule has 1 rings (SSSR count). The highest BCUT2D eigenvalue weighted by molar-refractivity contribution is 5.65. The van der Waals surface area contributed by atoms with Crippen LogP contribution in [0.25, 0.3) is 0 Å². The smallest absolute Gasteiger partial charge is 0.437 e. The Morgan fingerprint density at radius 2 is 1.74 bits per heavy atom. The molecule has 0 aliphatic carbocycles. The zero-order valence-electron chi connectivity index (χ0n) is 15.9. The molecule has 130 valence electrons. The zero-order valence-corrected chi connectivity index (χ0v) is 15.9. The minimum Gasteiger partial charge on any atom is -0.437 e. The van der Waals surface area contributed by atoms with Gasteiger partial charge in [0.1, 0.15) is 5.75 Å². The number of carbonyl (C=O) groups is 1. The van der Waals surface area contributed by atoms with Gasteiger partial charge in [0.05, 0.1) is 7.11 Å². The molecule has 0 spiro atoms. The maximum Gasteiger partial charge on any atom is 0.513 e. The van der Waals surface area contributed by atoms with Crippen molar-refractivity contribution in [3.8, 4) is 5.75 Å². The van der Waals surface area contributed by atoms with Crippen molar-refractivity contribution in [1.82, 2.24) is 0 Å². The van der Waals surface area contributed by atoms with Crippen molar-refractivity contribution in [1.29, 1.82) is 0 Å². The van der Waals surface area contributed by atoms with Crippen molar-refractivity contribution in [2.45, 2.75) is 72.1 Å². The van der Waals surface area contributed by atoms with Crippen molar-refractivity contribution >= 4 is 6.16 Å². The lowest BCUT2D eigenvalue weighted by atomic mass is 9.76. The third kappa shape index (κ3) is 5.56. The summed E-state index contributed by atoms with van der Waals surface area (Å²) < 4.78 is 10.1. The average molecular weight is 320 g/mol. The van der Waals surface area contributed by atoms with E-state index >= 15 is 0 Å². The fourth-order valence-electron chi connectivity index (χ4n) is 2.53. The van der Waals surface area contributed by atoms with E-state index < -0.39 is 6.16 Å². The van der Waals surface area contributed by atoms with Crippen LogP contribution in [0.1, 0.15) is 72.4 Å². The van der Waals surface area contributed by atoms with Gasteiger partial charge in [0.25, 0.3) is 0 Å². The van der Waals surface area contributed by atoms with Gasteiger partial charge >= 0.3 is 6.16 Å². The van der Waals surface area contributed by atoms with Crippen LogP contribution in [-0.4, -0.2) is 13.3 Å². The Bertz CT molecular complexity index is 536. The van der Waals surface area contributed by atoms with Crippen LogP contribution in [0.4, 0.5) is 4.79 Å². The normalized spacial score (nSPS) is 12.4. The van der Waals surface area contributed by atoms with Crippen LogP contribution in [0.5, 0.6) is 5.75 Å². The third-order valence-electron chi connectivity index (χ3n) is 4.28. The number of ether oxygens (including phenoxy) is 2. The van der Waals surface area contributed by atoms with Gasteiger partial charge in [0.15, 0.2) is 0 Å². The SMILES string of the molecule is COC(=O)Oc1ccc(C(C)(C)C)cc1C(C)(C)CCC(C)C. The summed E-state index contributed by atoms with van der Waals surface area (Å²) in [6, 6.07) is 6.10. The van der Waals surface area contributed by atoms with Crippen LogP contribution in [-0.2, 0) is 15.6 Å². The van der Waals surface area contributed by atoms with Crippen LogP contribution < -0.4 is 4.74 Å². The van der Waals surface area contributed by atoms with Crippen molar-refractivity contribution < 1.29 is 14.3 Å². The lowest BCUT2D eigenvalue weighted by molar-refractivity contribution is 0.120. The summed E-state index contributed by atoms with van der Waals surface area (Å²) in [5.41, 5.74) is 2.28. The molecule has 1 aromatic carbocycles. The van der Waals surface area contributed by atoms with Gasteiger partial charge < -0.3 is 9.47 Å². The van der Waals surface area contributed by atoms with Crippen molar-refractivity contribution in [2.24, 2.45) is 5.92 Å². The summed E-state index contributed by atoms with van der Waals surface area (Å²) in [5, 5.41) is 0. The highest BCUT2D eigenvalue weighted by Crippen LogP contribution is 2.39. The maximum absolute atomic E-state index is 11.6. The lowest BCUT2D eigenvalue weighted by Crippen LogP contribution is -2.22. The molecular weight excluding hydrogens is 288 g/mol. The first-order valence-electron chi connectivity index (χ1n) is 8.38. The molecule has 0 atom stereocenters. The fraction of sp³-hybridized carbons (Fsp3) is 0.650. The Balaban J connectivity index is 3.29. The second-order valence-corrected chi connectivity index (χ2v) is 8.33. The van der Waals surface area contributed by atoms with E-state index in [0.717, 1.165) is 18.4 Å². The van der Waals surface area contributed by atoms with E-state index in [1.54, 1.807) is 0 Å². The van der Waals surface area contributed by atoms with E-state index in [1.807, 2.05) is 12.1 Å². The lowest BCUT2D eigenvalue weighted by Gasteiger charge is -2.30. The molecule has 0 saturated carbocycles. The van der Waals surface area contributed by atoms with Gasteiger partial charge in [0, 0.05) is 5.56 Å². The van der Waals surface area contributed by atoms with E-state index in [-0.39, 0.29) is 10.8 Å². The first-order valence-corrected chi connectivity index (χ1v) is 8.38. The van der Waals surface area contributed by atoms with Crippen LogP contribution in [0, 0.1) is 5.92 Å². The van der Waals surface area contributed by atoms with Gasteiger partial charge in [-0.15, -0.1) is 0 Å². The summed E-state index contributed by atoms with van der Waals surface area (Å²) in [7, 11) is 1.33. The molecule has 0 heterocycles. The van der Waals surface area contributed by atoms with Crippen molar-refractivity contribution in [3.63, 3.8) is 0 Å². The van der Waals surface area contributed by atoms with Gasteiger partial charge in [-0.2, -0.15) is 0 Å². The van der Waals surface area contributed by atoms with Crippen molar-refractivity contribution in [2.75, 3.05) is 7.11 Å². The molecule has 0 amide bonds. The monoisotopic (exact) mass is 320 g/mol. The standard InChI is InChI=1S/C20H32O3/c1-14(2)11-12-20(6,7)16-13-15(19(3,4)5)9-10-17(16)23-18(21)22-8/h9-10,13-14H,11-12H2,1-8H3. The summed E-state index contributed by atoms with van der Waals surface area (Å²) in [5.74, 6) is 1.24. The molecule has 0 aliphatic heterocycles. The van der Waals surface area contributed by atoms with E-state index in [9.17, 15) is 4.79 Å². The zero-order chi connectivity index (χ0) is 17.8. The Labute approximate surface area is 141 Å². The molecular formula is C20H32O3. The second kappa shape index (κ2) is 7.37. The predicted molar refractivity (Wildman–Crippen MR) is 95.3 cm³/mol. The summed E-state index contributed by atoms with van der Waals surface area (Å²) in [4.78, 5) is 11.6. The summed E-state index contributed by atoms with van der Waals surface area (Å²) >= 11 is 0. The number of benzene rings is 1. The molecule has 0 radical (unpaired) electrons. The third-order valence-corrected chi connectivity index (χ3v) is 4.28. The average Bonchev–Trinajstić information content (AvgIpc) is 2.44. The van der Waals surface area contributed by atoms with E-state index in [1.165, 1.54) is 12.7 Å². The topological polar surface area (TPSA) is 35.5 Å². The number of rotatable bonds is 5. The Morgan fingerprint density at radius 1 is 1.13 bits per heavy atom. The number of carbonyl (C=O) groups excluding carboxylic acids is 1. The van der Waals surface area contributed by atoms with Crippen molar-refractivity contribution in [3.05, 3.63) is 29.3 Å². The minimum absolute atomic E-state index is 0.0483. The minimum atomic E-state index is -0.672. The Morgan fingerprint density at radius 3 is 2.22 bits per heavy atom. The van der Waals surface area contributed by atoms with E-state index in [0.29, 0.717) is 11.7 Å². The molecule has 0 aromatic heterocycles. The summed E-state index contributed by atoms with van der Waals surface area (Å²) in [6.07, 6.45) is 1.50. The van der Waals surface area contributed by atoms with Crippen LogP contribution in [0.2, 0.25) is 0 Å². The molecule has 0 saturated heterocycles. The Hall–Kier alpha value is -1.51. The van der Waals surface area contributed by atoms with Gasteiger partial charge in [0.2, 0.25) is 0 Å². The van der Waals surface area contributed by atoms with Gasteiger partial charge in [-0.25, -0.2) is 4.79 Å². The molecule has 0 N–H and O–H groups in total. The maximum atomic E-state index is 11.6. The van der Waals surface area contributed by atoms with E-state index in [4.69, 9.17) is 4.74 Å². The molecule has 1 aromatic rings. The van der Waals surface area contributed by atoms with Crippen LogP contribution in [0.3, 0.4) is 0 Å². The first-order chi connectivity index (χ1) is 10.5. The van der Waals surface area contributed by atoms with E-state index in [2.05, 4.69) is 59.3 Å². The largest absolute Gasteiger partial charge is 0.513 e. The highest BCUT2D eigenvalue weighted by Gasteiger charge is 2.28.